The van der Waals surface area contributed by atoms with Crippen molar-refractivity contribution in [1.29, 1.82) is 10.5 Å². The van der Waals surface area contributed by atoms with E-state index in [0.717, 1.165) is 0 Å². The number of hydrogen-bond donors (Lipinski definition) is 0. The van der Waals surface area contributed by atoms with E-state index in [0.29, 0.717) is 15.7 Å². The fourth-order valence-electron chi connectivity index (χ4n) is 0.887. The van der Waals surface area contributed by atoms with Crippen LogP contribution in [-0.2, 0) is 0 Å². The molecule has 0 heterocycles. The minimum Gasteiger partial charge on any atom is -0.198 e. The second kappa shape index (κ2) is 6.46. The third-order valence-corrected chi connectivity index (χ3v) is 3.04. The van der Waals surface area contributed by atoms with Crippen molar-refractivity contribution in [2.24, 2.45) is 11.0 Å². The van der Waals surface area contributed by atoms with Gasteiger partial charge in [-0.05, 0) is 18.2 Å². The summed E-state index contributed by atoms with van der Waals surface area (Å²) in [6, 6.07) is 8.46. The summed E-state index contributed by atoms with van der Waals surface area (Å²) in [4.78, 5) is 0. The van der Waals surface area contributed by atoms with Crippen molar-refractivity contribution in [2.75, 3.05) is 4.03 Å². The lowest BCUT2D eigenvalue weighted by atomic mass is 10.2. The van der Waals surface area contributed by atoms with Gasteiger partial charge >= 0.3 is 0 Å². The Kier molecular flexibility index (Phi) is 5.24. The first kappa shape index (κ1) is 13.8. The molecule has 0 aliphatic heterocycles. The lowest BCUT2D eigenvalue weighted by Gasteiger charge is -2.10. The predicted molar refractivity (Wildman–Crippen MR) is 71.1 cm³/mol. The Labute approximate surface area is 117 Å². The molecule has 0 radical (unpaired) electrons. The van der Waals surface area contributed by atoms with Gasteiger partial charge in [-0.3, -0.25) is 0 Å². The lowest BCUT2D eigenvalue weighted by molar-refractivity contribution is 1.13. The number of benzene rings is 1. The highest BCUT2D eigenvalue weighted by molar-refractivity contribution is 9.10. The van der Waals surface area contributed by atoms with Crippen LogP contribution in [0.3, 0.4) is 0 Å². The van der Waals surface area contributed by atoms with E-state index >= 15 is 0 Å². The molecule has 17 heavy (non-hydrogen) atoms. The van der Waals surface area contributed by atoms with Crippen LogP contribution in [0, 0.1) is 28.6 Å². The second-order valence-corrected chi connectivity index (χ2v) is 4.35. The van der Waals surface area contributed by atoms with E-state index in [4.69, 9.17) is 33.7 Å². The molecule has 0 unspecified atom stereocenters. The van der Waals surface area contributed by atoms with Crippen molar-refractivity contribution in [1.82, 2.24) is 0 Å². The normalized spacial score (nSPS) is 10.2. The average Bonchev–Trinajstić information content (AvgIpc) is 2.33. The van der Waals surface area contributed by atoms with E-state index in [1.807, 2.05) is 0 Å². The molecule has 0 aliphatic rings. The number of rotatable bonds is 3. The molecule has 1 aromatic rings. The second-order valence-electron chi connectivity index (χ2n) is 2.86. The molecule has 0 aromatic heterocycles. The minimum atomic E-state index is -0.891. The van der Waals surface area contributed by atoms with Crippen molar-refractivity contribution in [3.8, 4) is 12.1 Å². The maximum absolute atomic E-state index is 8.55. The minimum absolute atomic E-state index is 0.390. The molecule has 0 saturated carbocycles. The van der Waals surface area contributed by atoms with Gasteiger partial charge in [0.05, 0.1) is 50.2 Å². The molecule has 0 saturated heterocycles. The summed E-state index contributed by atoms with van der Waals surface area (Å²) in [6.45, 7) is 0. The molecule has 1 rings (SSSR count). The number of anilines is 1. The van der Waals surface area contributed by atoms with Gasteiger partial charge < -0.3 is 0 Å². The Bertz CT molecular complexity index is 504. The van der Waals surface area contributed by atoms with Gasteiger partial charge in [0.15, 0.2) is 5.92 Å². The van der Waals surface area contributed by atoms with E-state index < -0.39 is 5.92 Å². The van der Waals surface area contributed by atoms with Gasteiger partial charge in [0, 0.05) is 0 Å². The molecule has 0 fully saturated rings. The van der Waals surface area contributed by atoms with Crippen molar-refractivity contribution in [3.63, 3.8) is 0 Å². The van der Waals surface area contributed by atoms with Crippen molar-refractivity contribution >= 4 is 51.3 Å². The predicted octanol–water partition coefficient (Wildman–Crippen LogP) is 3.76. The van der Waals surface area contributed by atoms with E-state index in [-0.39, 0.29) is 0 Å². The van der Waals surface area contributed by atoms with Gasteiger partial charge in [0.1, 0.15) is 0 Å². The van der Waals surface area contributed by atoms with Gasteiger partial charge in [-0.1, -0.05) is 23.2 Å². The molecule has 0 bridgehead atoms. The SMILES string of the molecule is N#CC(C#N)C=NN(Br)c1ccc(Cl)c(Cl)c1. The van der Waals surface area contributed by atoms with Gasteiger partial charge in [-0.25, -0.2) is 0 Å². The van der Waals surface area contributed by atoms with Gasteiger partial charge in [0.2, 0.25) is 0 Å². The monoisotopic (exact) mass is 330 g/mol. The van der Waals surface area contributed by atoms with Crippen LogP contribution in [-0.4, -0.2) is 6.21 Å². The Morgan fingerprint density at radius 3 is 2.47 bits per heavy atom. The zero-order valence-corrected chi connectivity index (χ0v) is 11.4. The highest BCUT2D eigenvalue weighted by Crippen LogP contribution is 2.28. The maximum Gasteiger partial charge on any atom is 0.169 e. The molecule has 86 valence electrons. The van der Waals surface area contributed by atoms with Crippen LogP contribution < -0.4 is 4.03 Å². The molecular formula is C10H5BrCl2N4. The molecule has 0 spiro atoms. The summed E-state index contributed by atoms with van der Waals surface area (Å²) in [5.74, 6) is -0.891. The van der Waals surface area contributed by atoms with Crippen molar-refractivity contribution < 1.29 is 0 Å². The number of nitriles is 2. The van der Waals surface area contributed by atoms with Crippen LogP contribution >= 0.6 is 39.3 Å². The zero-order valence-electron chi connectivity index (χ0n) is 8.31. The average molecular weight is 332 g/mol. The standard InChI is InChI=1S/C10H5BrCl2N4/c11-17(16-6-7(4-14)5-15)8-1-2-9(12)10(13)3-8/h1-3,6-7H. The van der Waals surface area contributed by atoms with E-state index in [2.05, 4.69) is 21.2 Å². The molecule has 7 heteroatoms. The highest BCUT2D eigenvalue weighted by Gasteiger charge is 2.06. The van der Waals surface area contributed by atoms with E-state index in [1.165, 1.54) is 10.2 Å². The first-order valence-electron chi connectivity index (χ1n) is 4.32. The fraction of sp³-hybridized carbons (Fsp3) is 0.100. The van der Waals surface area contributed by atoms with Gasteiger partial charge in [0.25, 0.3) is 0 Å². The molecule has 0 amide bonds. The van der Waals surface area contributed by atoms with Crippen LogP contribution in [0.4, 0.5) is 5.69 Å². The third-order valence-electron chi connectivity index (χ3n) is 1.71. The van der Waals surface area contributed by atoms with Gasteiger partial charge in [-0.2, -0.15) is 19.7 Å². The van der Waals surface area contributed by atoms with Crippen LogP contribution in [0.1, 0.15) is 0 Å². The summed E-state index contributed by atoms with van der Waals surface area (Å²) in [5.41, 5.74) is 0.630. The Balaban J connectivity index is 2.84. The van der Waals surface area contributed by atoms with Crippen LogP contribution in [0.15, 0.2) is 23.3 Å². The van der Waals surface area contributed by atoms with E-state index in [9.17, 15) is 0 Å². The lowest BCUT2D eigenvalue weighted by Crippen LogP contribution is -2.03. The maximum atomic E-state index is 8.55. The number of hydrogen-bond acceptors (Lipinski definition) is 4. The summed E-state index contributed by atoms with van der Waals surface area (Å²) in [7, 11) is 0. The third kappa shape index (κ3) is 3.90. The van der Waals surface area contributed by atoms with Crippen LogP contribution in [0.25, 0.3) is 0 Å². The van der Waals surface area contributed by atoms with Crippen molar-refractivity contribution in [3.05, 3.63) is 28.2 Å². The molecule has 1 aromatic carbocycles. The van der Waals surface area contributed by atoms with Crippen molar-refractivity contribution in [2.45, 2.75) is 0 Å². The topological polar surface area (TPSA) is 63.2 Å². The number of hydrazone groups is 1. The molecule has 0 aliphatic carbocycles. The Morgan fingerprint density at radius 1 is 1.29 bits per heavy atom. The zero-order chi connectivity index (χ0) is 12.8. The molecular weight excluding hydrogens is 327 g/mol. The van der Waals surface area contributed by atoms with Gasteiger partial charge in [-0.15, -0.1) is 0 Å². The largest absolute Gasteiger partial charge is 0.198 e. The first-order chi connectivity index (χ1) is 8.08. The molecule has 0 N–H and O–H groups in total. The summed E-state index contributed by atoms with van der Waals surface area (Å²) in [6.07, 6.45) is 1.22. The smallest absolute Gasteiger partial charge is 0.169 e. The molecule has 4 nitrogen and oxygen atoms in total. The summed E-state index contributed by atoms with van der Waals surface area (Å²) in [5, 5.41) is 21.8. The van der Waals surface area contributed by atoms with Crippen LogP contribution in [0.5, 0.6) is 0 Å². The highest BCUT2D eigenvalue weighted by atomic mass is 79.9. The molecule has 0 atom stereocenters. The number of halogens is 3. The van der Waals surface area contributed by atoms with E-state index in [1.54, 1.807) is 30.3 Å². The Hall–Kier alpha value is -1.27. The Morgan fingerprint density at radius 2 is 1.94 bits per heavy atom. The number of nitrogens with zero attached hydrogens (tertiary/aromatic N) is 4. The summed E-state index contributed by atoms with van der Waals surface area (Å²) >= 11 is 14.8. The van der Waals surface area contributed by atoms with Crippen LogP contribution in [0.2, 0.25) is 10.0 Å². The quantitative estimate of drug-likeness (QED) is 0.481. The fourth-order valence-corrected chi connectivity index (χ4v) is 1.51. The summed E-state index contributed by atoms with van der Waals surface area (Å²) < 4.78 is 1.32. The first-order valence-corrected chi connectivity index (χ1v) is 5.79.